The van der Waals surface area contributed by atoms with Crippen molar-refractivity contribution in [2.45, 2.75) is 12.8 Å². The van der Waals surface area contributed by atoms with Crippen LogP contribution in [0.25, 0.3) is 5.57 Å². The number of rotatable bonds is 2. The fourth-order valence-electron chi connectivity index (χ4n) is 3.21. The normalized spacial score (nSPS) is 16.5. The van der Waals surface area contributed by atoms with Gasteiger partial charge >= 0.3 is 0 Å². The van der Waals surface area contributed by atoms with Crippen molar-refractivity contribution in [1.82, 2.24) is 10.2 Å². The molecule has 3 N–H and O–H groups in total. The zero-order valence-corrected chi connectivity index (χ0v) is 14.1. The molecular weight excluding hydrogens is 341 g/mol. The summed E-state index contributed by atoms with van der Waals surface area (Å²) < 4.78 is 19.1. The number of ether oxygens (including phenoxy) is 1. The highest BCUT2D eigenvalue weighted by Gasteiger charge is 2.34. The van der Waals surface area contributed by atoms with Crippen molar-refractivity contribution < 1.29 is 9.13 Å². The smallest absolute Gasteiger partial charge is 0.244 e. The highest BCUT2D eigenvalue weighted by Crippen LogP contribution is 2.46. The molecule has 0 saturated heterocycles. The maximum atomic E-state index is 13.4. The number of aryl methyl sites for hydroxylation is 1. The minimum absolute atomic E-state index is 0.218. The van der Waals surface area contributed by atoms with E-state index in [-0.39, 0.29) is 17.6 Å². The van der Waals surface area contributed by atoms with Gasteiger partial charge in [0.2, 0.25) is 5.88 Å². The summed E-state index contributed by atoms with van der Waals surface area (Å²) >= 11 is 6.01. The highest BCUT2D eigenvalue weighted by molar-refractivity contribution is 6.30. The number of fused-ring (bicyclic) bond motifs is 1. The summed E-state index contributed by atoms with van der Waals surface area (Å²) in [5, 5.41) is 7.76. The standard InChI is InChI=1S/C19H15ClFN3O/c1-10-15-16(11-4-8-14(21)9-5-11)17(12-2-6-13(20)7-3-12)18(22)25-19(15)24-23-10/h2-9,16H,22H2,1H3,(H,23,24). The van der Waals surface area contributed by atoms with Crippen LogP contribution in [0, 0.1) is 12.7 Å². The van der Waals surface area contributed by atoms with Gasteiger partial charge in [-0.05, 0) is 42.3 Å². The molecule has 6 heteroatoms. The van der Waals surface area contributed by atoms with Crippen LogP contribution in [0.1, 0.15) is 28.3 Å². The van der Waals surface area contributed by atoms with Gasteiger partial charge in [-0.2, -0.15) is 0 Å². The molecule has 1 aromatic heterocycles. The predicted octanol–water partition coefficient (Wildman–Crippen LogP) is 4.36. The van der Waals surface area contributed by atoms with E-state index in [1.807, 2.05) is 19.1 Å². The average Bonchev–Trinajstić information content (AvgIpc) is 2.96. The Hall–Kier alpha value is -2.79. The van der Waals surface area contributed by atoms with E-state index in [0.717, 1.165) is 28.0 Å². The maximum Gasteiger partial charge on any atom is 0.244 e. The van der Waals surface area contributed by atoms with Crippen LogP contribution in [0.2, 0.25) is 5.02 Å². The summed E-state index contributed by atoms with van der Waals surface area (Å²) in [4.78, 5) is 0. The molecule has 0 amide bonds. The van der Waals surface area contributed by atoms with Gasteiger partial charge < -0.3 is 10.5 Å². The molecule has 1 unspecified atom stereocenters. The summed E-state index contributed by atoms with van der Waals surface area (Å²) in [5.41, 5.74) is 10.6. The molecule has 1 atom stereocenters. The lowest BCUT2D eigenvalue weighted by atomic mass is 9.80. The number of hydrogen-bond donors (Lipinski definition) is 2. The summed E-state index contributed by atoms with van der Waals surface area (Å²) in [6.45, 7) is 1.92. The Balaban J connectivity index is 1.94. The van der Waals surface area contributed by atoms with Crippen molar-refractivity contribution in [2.75, 3.05) is 0 Å². The van der Waals surface area contributed by atoms with Crippen molar-refractivity contribution in [2.24, 2.45) is 5.73 Å². The van der Waals surface area contributed by atoms with E-state index in [1.165, 1.54) is 12.1 Å². The van der Waals surface area contributed by atoms with Crippen LogP contribution in [0.3, 0.4) is 0 Å². The minimum atomic E-state index is -0.287. The van der Waals surface area contributed by atoms with E-state index < -0.39 is 0 Å². The number of allylic oxidation sites excluding steroid dienone is 1. The Kier molecular flexibility index (Phi) is 3.73. The lowest BCUT2D eigenvalue weighted by Crippen LogP contribution is -2.21. The Morgan fingerprint density at radius 2 is 1.80 bits per heavy atom. The van der Waals surface area contributed by atoms with E-state index >= 15 is 0 Å². The lowest BCUT2D eigenvalue weighted by Gasteiger charge is -2.27. The van der Waals surface area contributed by atoms with E-state index in [2.05, 4.69) is 10.2 Å². The van der Waals surface area contributed by atoms with Crippen LogP contribution in [0.15, 0.2) is 54.4 Å². The van der Waals surface area contributed by atoms with Crippen molar-refractivity contribution in [3.05, 3.63) is 87.6 Å². The van der Waals surface area contributed by atoms with Crippen LogP contribution in [-0.4, -0.2) is 10.2 Å². The first-order valence-electron chi connectivity index (χ1n) is 7.78. The van der Waals surface area contributed by atoms with Gasteiger partial charge in [-0.1, -0.05) is 35.9 Å². The monoisotopic (exact) mass is 355 g/mol. The fraction of sp³-hybridized carbons (Fsp3) is 0.105. The summed E-state index contributed by atoms with van der Waals surface area (Å²) in [6.07, 6.45) is 0. The van der Waals surface area contributed by atoms with Crippen LogP contribution < -0.4 is 10.5 Å². The van der Waals surface area contributed by atoms with Gasteiger partial charge in [0.25, 0.3) is 0 Å². The molecule has 4 rings (SSSR count). The molecule has 1 aliphatic heterocycles. The van der Waals surface area contributed by atoms with Crippen molar-refractivity contribution in [1.29, 1.82) is 0 Å². The molecule has 0 bridgehead atoms. The molecule has 0 fully saturated rings. The van der Waals surface area contributed by atoms with Gasteiger partial charge in [0.05, 0.1) is 0 Å². The van der Waals surface area contributed by atoms with Crippen molar-refractivity contribution >= 4 is 17.2 Å². The summed E-state index contributed by atoms with van der Waals surface area (Å²) in [7, 11) is 0. The number of nitrogens with two attached hydrogens (primary N) is 1. The first-order valence-corrected chi connectivity index (χ1v) is 8.16. The number of nitrogens with zero attached hydrogens (tertiary/aromatic N) is 1. The number of halogens is 2. The molecule has 0 spiro atoms. The number of hydrogen-bond acceptors (Lipinski definition) is 3. The molecule has 25 heavy (non-hydrogen) atoms. The van der Waals surface area contributed by atoms with Gasteiger partial charge in [-0.25, -0.2) is 4.39 Å². The Morgan fingerprint density at radius 1 is 1.12 bits per heavy atom. The van der Waals surface area contributed by atoms with Crippen LogP contribution in [0.4, 0.5) is 4.39 Å². The number of aromatic nitrogens is 2. The molecule has 0 saturated carbocycles. The second-order valence-electron chi connectivity index (χ2n) is 5.94. The van der Waals surface area contributed by atoms with E-state index in [1.54, 1.807) is 24.3 Å². The maximum absolute atomic E-state index is 13.4. The van der Waals surface area contributed by atoms with Crippen LogP contribution in [0.5, 0.6) is 5.88 Å². The van der Waals surface area contributed by atoms with Gasteiger partial charge in [-0.3, -0.25) is 5.10 Å². The van der Waals surface area contributed by atoms with Gasteiger partial charge in [0, 0.05) is 27.8 Å². The molecular formula is C19H15ClFN3O. The fourth-order valence-corrected chi connectivity index (χ4v) is 3.33. The third-order valence-corrected chi connectivity index (χ3v) is 4.62. The number of nitrogens with one attached hydrogen (secondary N) is 1. The summed E-state index contributed by atoms with van der Waals surface area (Å²) in [5.74, 6) is 0.215. The molecule has 2 heterocycles. The largest absolute Gasteiger partial charge is 0.421 e. The second-order valence-corrected chi connectivity index (χ2v) is 6.38. The second kappa shape index (κ2) is 5.93. The van der Waals surface area contributed by atoms with Crippen molar-refractivity contribution in [3.8, 4) is 5.88 Å². The lowest BCUT2D eigenvalue weighted by molar-refractivity contribution is 0.389. The zero-order valence-electron chi connectivity index (χ0n) is 13.4. The molecule has 4 nitrogen and oxygen atoms in total. The van der Waals surface area contributed by atoms with Crippen LogP contribution >= 0.6 is 11.6 Å². The van der Waals surface area contributed by atoms with Gasteiger partial charge in [-0.15, -0.1) is 5.10 Å². The number of aromatic amines is 1. The topological polar surface area (TPSA) is 63.9 Å². The third kappa shape index (κ3) is 2.66. The number of benzene rings is 2. The SMILES string of the molecule is Cc1[nH]nc2c1C(c1ccc(F)cc1)C(c1ccc(Cl)cc1)=C(N)O2. The predicted molar refractivity (Wildman–Crippen MR) is 94.8 cm³/mol. The van der Waals surface area contributed by atoms with E-state index in [0.29, 0.717) is 10.9 Å². The van der Waals surface area contributed by atoms with E-state index in [4.69, 9.17) is 22.1 Å². The molecule has 0 radical (unpaired) electrons. The molecule has 2 aromatic carbocycles. The first kappa shape index (κ1) is 15.7. The zero-order chi connectivity index (χ0) is 17.6. The van der Waals surface area contributed by atoms with Crippen molar-refractivity contribution in [3.63, 3.8) is 0 Å². The van der Waals surface area contributed by atoms with Gasteiger partial charge in [0.1, 0.15) is 5.82 Å². The Morgan fingerprint density at radius 3 is 2.48 bits per heavy atom. The third-order valence-electron chi connectivity index (χ3n) is 4.37. The molecule has 126 valence electrons. The Labute approximate surface area is 149 Å². The number of H-pyrrole nitrogens is 1. The summed E-state index contributed by atoms with van der Waals surface area (Å²) in [6, 6.07) is 13.8. The first-order chi connectivity index (χ1) is 12.0. The van der Waals surface area contributed by atoms with E-state index in [9.17, 15) is 4.39 Å². The molecule has 1 aliphatic rings. The average molecular weight is 356 g/mol. The quantitative estimate of drug-likeness (QED) is 0.717. The molecule has 3 aromatic rings. The minimum Gasteiger partial charge on any atom is -0.421 e. The van der Waals surface area contributed by atoms with Gasteiger partial charge in [0.15, 0.2) is 5.88 Å². The highest BCUT2D eigenvalue weighted by atomic mass is 35.5. The Bertz CT molecular complexity index is 961. The van der Waals surface area contributed by atoms with Crippen LogP contribution in [-0.2, 0) is 0 Å². The molecule has 0 aliphatic carbocycles.